The van der Waals surface area contributed by atoms with Crippen LogP contribution in [0.1, 0.15) is 53.0 Å². The van der Waals surface area contributed by atoms with Crippen molar-refractivity contribution in [2.24, 2.45) is 11.7 Å². The lowest BCUT2D eigenvalue weighted by Crippen LogP contribution is -2.58. The van der Waals surface area contributed by atoms with Gasteiger partial charge in [-0.15, -0.1) is 0 Å². The Bertz CT molecular complexity index is 410. The predicted octanol–water partition coefficient (Wildman–Crippen LogP) is 4.15. The minimum absolute atomic E-state index is 0.211. The van der Waals surface area contributed by atoms with Gasteiger partial charge in [-0.25, -0.2) is 4.39 Å². The fourth-order valence-corrected chi connectivity index (χ4v) is 3.17. The predicted molar refractivity (Wildman–Crippen MR) is 88.7 cm³/mol. The molecule has 0 aliphatic carbocycles. The Kier molecular flexibility index (Phi) is 6.82. The van der Waals surface area contributed by atoms with Crippen molar-refractivity contribution < 1.29 is 4.39 Å². The van der Waals surface area contributed by atoms with E-state index in [-0.39, 0.29) is 17.8 Å². The first-order valence-electron chi connectivity index (χ1n) is 8.16. The molecule has 2 atom stereocenters. The summed E-state index contributed by atoms with van der Waals surface area (Å²) < 4.78 is 13.2. The Balaban J connectivity index is 3.16. The molecule has 1 aromatic carbocycles. The fourth-order valence-electron chi connectivity index (χ4n) is 3.17. The summed E-state index contributed by atoms with van der Waals surface area (Å²) in [4.78, 5) is 2.46. The third kappa shape index (κ3) is 4.04. The maximum Gasteiger partial charge on any atom is 0.123 e. The second-order valence-electron chi connectivity index (χ2n) is 6.31. The van der Waals surface area contributed by atoms with Crippen molar-refractivity contribution in [3.8, 4) is 0 Å². The number of hydrogen-bond acceptors (Lipinski definition) is 2. The molecule has 0 saturated carbocycles. The molecule has 0 saturated heterocycles. The highest BCUT2D eigenvalue weighted by Crippen LogP contribution is 2.33. The van der Waals surface area contributed by atoms with Gasteiger partial charge in [-0.1, -0.05) is 39.8 Å². The number of halogens is 1. The molecule has 0 aliphatic rings. The number of hydrogen-bond donors (Lipinski definition) is 1. The summed E-state index contributed by atoms with van der Waals surface area (Å²) in [5.41, 5.74) is 7.40. The van der Waals surface area contributed by atoms with Gasteiger partial charge in [0.1, 0.15) is 5.82 Å². The largest absolute Gasteiger partial charge is 0.320 e. The van der Waals surface area contributed by atoms with Gasteiger partial charge >= 0.3 is 0 Å². The maximum absolute atomic E-state index is 13.2. The van der Waals surface area contributed by atoms with Crippen LogP contribution >= 0.6 is 0 Å². The van der Waals surface area contributed by atoms with Crippen LogP contribution in [-0.4, -0.2) is 24.0 Å². The van der Waals surface area contributed by atoms with Crippen molar-refractivity contribution >= 4 is 0 Å². The van der Waals surface area contributed by atoms with Crippen molar-refractivity contribution in [2.75, 3.05) is 13.1 Å². The summed E-state index contributed by atoms with van der Waals surface area (Å²) in [6.45, 7) is 13.0. The minimum Gasteiger partial charge on any atom is -0.320 e. The zero-order chi connectivity index (χ0) is 16.0. The molecule has 1 aromatic rings. The topological polar surface area (TPSA) is 29.3 Å². The van der Waals surface area contributed by atoms with Crippen molar-refractivity contribution in [2.45, 2.75) is 59.0 Å². The minimum atomic E-state index is -0.474. The molecule has 0 fully saturated rings. The van der Waals surface area contributed by atoms with Crippen LogP contribution in [0.3, 0.4) is 0 Å². The standard InChI is InChI=1S/C18H31FN2/c1-6-12-21(13-7-2)15(5)18(20,14(3)4)16-8-10-17(19)11-9-16/h8-11,14-15H,6-7,12-13,20H2,1-5H3. The molecule has 0 heterocycles. The molecule has 1 rings (SSSR count). The average molecular weight is 294 g/mol. The van der Waals surface area contributed by atoms with Crippen LogP contribution in [0.5, 0.6) is 0 Å². The average Bonchev–Trinajstić information content (AvgIpc) is 2.46. The lowest BCUT2D eigenvalue weighted by atomic mass is 9.75. The van der Waals surface area contributed by atoms with E-state index in [0.29, 0.717) is 0 Å². The SMILES string of the molecule is CCCN(CCC)C(C)C(N)(c1ccc(F)cc1)C(C)C. The van der Waals surface area contributed by atoms with E-state index in [1.165, 1.54) is 12.1 Å². The smallest absolute Gasteiger partial charge is 0.123 e. The third-order valence-corrected chi connectivity index (χ3v) is 4.56. The summed E-state index contributed by atoms with van der Waals surface area (Å²) in [6.07, 6.45) is 2.23. The Hall–Kier alpha value is -0.930. The second-order valence-corrected chi connectivity index (χ2v) is 6.31. The van der Waals surface area contributed by atoms with Crippen molar-refractivity contribution in [1.29, 1.82) is 0 Å². The number of nitrogens with zero attached hydrogens (tertiary/aromatic N) is 1. The van der Waals surface area contributed by atoms with Gasteiger partial charge in [0.05, 0.1) is 5.54 Å². The van der Waals surface area contributed by atoms with Crippen molar-refractivity contribution in [1.82, 2.24) is 4.90 Å². The molecule has 3 heteroatoms. The Morgan fingerprint density at radius 2 is 1.52 bits per heavy atom. The quantitative estimate of drug-likeness (QED) is 0.780. The number of nitrogens with two attached hydrogens (primary N) is 1. The summed E-state index contributed by atoms with van der Waals surface area (Å²) in [5, 5.41) is 0. The first-order chi connectivity index (χ1) is 9.87. The van der Waals surface area contributed by atoms with Crippen molar-refractivity contribution in [3.63, 3.8) is 0 Å². The van der Waals surface area contributed by atoms with E-state index < -0.39 is 5.54 Å². The van der Waals surface area contributed by atoms with E-state index in [4.69, 9.17) is 5.73 Å². The summed E-state index contributed by atoms with van der Waals surface area (Å²) in [6, 6.07) is 6.90. The molecule has 0 spiro atoms. The Morgan fingerprint density at radius 1 is 1.05 bits per heavy atom. The Labute approximate surface area is 129 Å². The first-order valence-corrected chi connectivity index (χ1v) is 8.16. The molecule has 0 aliphatic heterocycles. The first kappa shape index (κ1) is 18.1. The zero-order valence-corrected chi connectivity index (χ0v) is 14.2. The highest BCUT2D eigenvalue weighted by Gasteiger charge is 2.39. The lowest BCUT2D eigenvalue weighted by Gasteiger charge is -2.45. The van der Waals surface area contributed by atoms with E-state index in [2.05, 4.69) is 39.5 Å². The third-order valence-electron chi connectivity index (χ3n) is 4.56. The maximum atomic E-state index is 13.2. The van der Waals surface area contributed by atoms with E-state index in [9.17, 15) is 4.39 Å². The van der Waals surface area contributed by atoms with E-state index >= 15 is 0 Å². The van der Waals surface area contributed by atoms with Crippen LogP contribution in [0.15, 0.2) is 24.3 Å². The monoisotopic (exact) mass is 294 g/mol. The highest BCUT2D eigenvalue weighted by molar-refractivity contribution is 5.27. The molecule has 0 amide bonds. The van der Waals surface area contributed by atoms with Gasteiger partial charge in [0, 0.05) is 6.04 Å². The molecule has 0 aromatic heterocycles. The van der Waals surface area contributed by atoms with Gasteiger partial charge in [0.25, 0.3) is 0 Å². The summed E-state index contributed by atoms with van der Waals surface area (Å²) in [5.74, 6) is 0.0608. The second kappa shape index (κ2) is 7.90. The Morgan fingerprint density at radius 3 is 1.90 bits per heavy atom. The van der Waals surface area contributed by atoms with Gasteiger partial charge in [0.2, 0.25) is 0 Å². The molecular formula is C18H31FN2. The van der Waals surface area contributed by atoms with Crippen LogP contribution in [0.2, 0.25) is 0 Å². The molecule has 21 heavy (non-hydrogen) atoms. The van der Waals surface area contributed by atoms with Gasteiger partial charge in [-0.2, -0.15) is 0 Å². The summed E-state index contributed by atoms with van der Waals surface area (Å²) in [7, 11) is 0. The number of benzene rings is 1. The molecule has 0 bridgehead atoms. The molecule has 2 unspecified atom stereocenters. The summed E-state index contributed by atoms with van der Waals surface area (Å²) >= 11 is 0. The molecule has 120 valence electrons. The van der Waals surface area contributed by atoms with E-state index in [1.54, 1.807) is 0 Å². The van der Waals surface area contributed by atoms with Gasteiger partial charge < -0.3 is 5.73 Å². The van der Waals surface area contributed by atoms with E-state index in [0.717, 1.165) is 31.5 Å². The lowest BCUT2D eigenvalue weighted by molar-refractivity contribution is 0.0991. The molecule has 2 N–H and O–H groups in total. The normalized spacial score (nSPS) is 16.2. The molecule has 2 nitrogen and oxygen atoms in total. The van der Waals surface area contributed by atoms with Crippen LogP contribution in [0.25, 0.3) is 0 Å². The van der Waals surface area contributed by atoms with Crippen LogP contribution in [0.4, 0.5) is 4.39 Å². The highest BCUT2D eigenvalue weighted by atomic mass is 19.1. The van der Waals surface area contributed by atoms with Gasteiger partial charge in [-0.3, -0.25) is 4.90 Å². The van der Waals surface area contributed by atoms with Crippen molar-refractivity contribution in [3.05, 3.63) is 35.6 Å². The molecular weight excluding hydrogens is 263 g/mol. The van der Waals surface area contributed by atoms with Crippen LogP contribution in [-0.2, 0) is 5.54 Å². The van der Waals surface area contributed by atoms with Crippen LogP contribution < -0.4 is 5.73 Å². The van der Waals surface area contributed by atoms with Gasteiger partial charge in [-0.05, 0) is 56.5 Å². The zero-order valence-electron chi connectivity index (χ0n) is 14.2. The molecule has 0 radical (unpaired) electrons. The van der Waals surface area contributed by atoms with Gasteiger partial charge in [0.15, 0.2) is 0 Å². The van der Waals surface area contributed by atoms with E-state index in [1.807, 2.05) is 12.1 Å². The fraction of sp³-hybridized carbons (Fsp3) is 0.667. The van der Waals surface area contributed by atoms with Crippen LogP contribution in [0, 0.1) is 11.7 Å². The number of rotatable bonds is 8.